The summed E-state index contributed by atoms with van der Waals surface area (Å²) >= 11 is 0.587. The van der Waals surface area contributed by atoms with Crippen molar-refractivity contribution in [2.75, 3.05) is 22.9 Å². The molecule has 0 unspecified atom stereocenters. The molecule has 0 saturated carbocycles. The van der Waals surface area contributed by atoms with Crippen LogP contribution in [0.25, 0.3) is 0 Å². The lowest BCUT2D eigenvalue weighted by Gasteiger charge is -2.45. The molecule has 0 radical (unpaired) electrons. The lowest BCUT2D eigenvalue weighted by atomic mass is 9.94. The van der Waals surface area contributed by atoms with Gasteiger partial charge >= 0.3 is 12.2 Å². The van der Waals surface area contributed by atoms with Gasteiger partial charge in [-0.1, -0.05) is 30.0 Å². The molecule has 13 heteroatoms. The highest BCUT2D eigenvalue weighted by atomic mass is 32.1. The number of aromatic nitrogens is 1. The molecule has 0 aliphatic carbocycles. The summed E-state index contributed by atoms with van der Waals surface area (Å²) in [7, 11) is 0. The molecule has 1 aliphatic heterocycles. The maximum absolute atomic E-state index is 15.2. The Morgan fingerprint density at radius 2 is 1.70 bits per heavy atom. The van der Waals surface area contributed by atoms with Gasteiger partial charge in [0, 0.05) is 35.1 Å². The van der Waals surface area contributed by atoms with Gasteiger partial charge in [0.25, 0.3) is 0 Å². The molecule has 7 nitrogen and oxygen atoms in total. The summed E-state index contributed by atoms with van der Waals surface area (Å²) in [5.74, 6) is 2.19. The van der Waals surface area contributed by atoms with Crippen molar-refractivity contribution in [1.29, 1.82) is 0 Å². The van der Waals surface area contributed by atoms with E-state index in [9.17, 15) is 27.6 Å². The topological polar surface area (TPSA) is 73.8 Å². The van der Waals surface area contributed by atoms with Gasteiger partial charge in [0.05, 0.1) is 6.42 Å². The number of rotatable bonds is 6. The molecule has 208 valence electrons. The fraction of sp³-hybridized carbons (Fsp3) is 0.259. The van der Waals surface area contributed by atoms with Crippen LogP contribution in [0.15, 0.2) is 47.8 Å². The molecule has 0 bridgehead atoms. The molecule has 1 saturated heterocycles. The third-order valence-corrected chi connectivity index (χ3v) is 6.95. The van der Waals surface area contributed by atoms with E-state index in [0.717, 1.165) is 27.3 Å². The highest BCUT2D eigenvalue weighted by Gasteiger charge is 2.46. The number of amides is 4. The third-order valence-electron chi connectivity index (χ3n) is 6.07. The zero-order chi connectivity index (χ0) is 29.2. The number of carbonyl (C=O) groups excluding carboxylic acids is 3. The molecule has 0 atom stereocenters. The van der Waals surface area contributed by atoms with Crippen molar-refractivity contribution in [2.45, 2.75) is 32.0 Å². The van der Waals surface area contributed by atoms with Crippen molar-refractivity contribution in [2.24, 2.45) is 0 Å². The standard InChI is InChI=1S/C27H21F5N4O3S/c1-26(2)14-22(38)36(23-19(28)12-18(13-20(23)29)9-8-17-6-4-3-5-7-17)25(39)35(26)11-10-34(16-37)24-33-21(15-40-24)27(30,31)32/h3-7,12-13,15-16H,10-11,14H2,1-2H3. The minimum atomic E-state index is -4.70. The van der Waals surface area contributed by atoms with Gasteiger partial charge in [-0.05, 0) is 38.1 Å². The van der Waals surface area contributed by atoms with Crippen LogP contribution in [0.5, 0.6) is 0 Å². The third kappa shape index (κ3) is 5.96. The van der Waals surface area contributed by atoms with Crippen LogP contribution >= 0.6 is 11.3 Å². The second-order valence-corrected chi connectivity index (χ2v) is 10.2. The number of thiazole rings is 1. The Morgan fingerprint density at radius 1 is 1.07 bits per heavy atom. The zero-order valence-electron chi connectivity index (χ0n) is 21.1. The minimum absolute atomic E-state index is 0.0139. The number of anilines is 2. The van der Waals surface area contributed by atoms with E-state index in [0.29, 0.717) is 21.8 Å². The predicted octanol–water partition coefficient (Wildman–Crippen LogP) is 5.44. The monoisotopic (exact) mass is 576 g/mol. The van der Waals surface area contributed by atoms with Crippen LogP contribution in [0.1, 0.15) is 37.1 Å². The number of benzene rings is 2. The zero-order valence-corrected chi connectivity index (χ0v) is 21.9. The summed E-state index contributed by atoms with van der Waals surface area (Å²) < 4.78 is 69.1. The number of imide groups is 1. The molecule has 1 aliphatic rings. The van der Waals surface area contributed by atoms with Gasteiger partial charge in [-0.15, -0.1) is 11.3 Å². The number of urea groups is 1. The first kappa shape index (κ1) is 28.7. The Morgan fingerprint density at radius 3 is 2.27 bits per heavy atom. The van der Waals surface area contributed by atoms with E-state index in [2.05, 4.69) is 16.8 Å². The van der Waals surface area contributed by atoms with Crippen LogP contribution < -0.4 is 9.80 Å². The Bertz CT molecular complexity index is 1490. The van der Waals surface area contributed by atoms with Crippen molar-refractivity contribution in [3.05, 3.63) is 76.3 Å². The number of hydrogen-bond donors (Lipinski definition) is 0. The van der Waals surface area contributed by atoms with Crippen molar-refractivity contribution < 1.29 is 36.3 Å². The molecular formula is C27H21F5N4O3S. The first-order valence-electron chi connectivity index (χ1n) is 11.8. The van der Waals surface area contributed by atoms with Gasteiger partial charge in [-0.2, -0.15) is 13.2 Å². The molecule has 2 heterocycles. The van der Waals surface area contributed by atoms with Crippen LogP contribution in [0, 0.1) is 23.5 Å². The van der Waals surface area contributed by atoms with Crippen LogP contribution in [0.3, 0.4) is 0 Å². The van der Waals surface area contributed by atoms with E-state index in [-0.39, 0.29) is 36.6 Å². The van der Waals surface area contributed by atoms with Gasteiger partial charge in [0.15, 0.2) is 22.5 Å². The summed E-state index contributed by atoms with van der Waals surface area (Å²) in [6.45, 7) is 2.54. The Labute approximate surface area is 229 Å². The molecule has 2 aromatic carbocycles. The van der Waals surface area contributed by atoms with Gasteiger partial charge in [0.1, 0.15) is 5.69 Å². The summed E-state index contributed by atoms with van der Waals surface area (Å²) in [5, 5.41) is 0.503. The Kier molecular flexibility index (Phi) is 7.93. The summed E-state index contributed by atoms with van der Waals surface area (Å²) in [5.41, 5.74) is -2.58. The van der Waals surface area contributed by atoms with Crippen molar-refractivity contribution in [3.63, 3.8) is 0 Å². The Hall–Kier alpha value is -4.31. The lowest BCUT2D eigenvalue weighted by molar-refractivity contribution is -0.140. The molecule has 4 rings (SSSR count). The largest absolute Gasteiger partial charge is 0.434 e. The van der Waals surface area contributed by atoms with Crippen LogP contribution in [0.2, 0.25) is 0 Å². The average molecular weight is 577 g/mol. The fourth-order valence-corrected chi connectivity index (χ4v) is 4.92. The molecule has 1 aromatic heterocycles. The van der Waals surface area contributed by atoms with E-state index in [1.807, 2.05) is 0 Å². The molecule has 0 N–H and O–H groups in total. The smallest absolute Gasteiger partial charge is 0.317 e. The number of hydrogen-bond acceptors (Lipinski definition) is 5. The maximum Gasteiger partial charge on any atom is 0.434 e. The summed E-state index contributed by atoms with van der Waals surface area (Å²) in [4.78, 5) is 43.8. The molecule has 40 heavy (non-hydrogen) atoms. The first-order valence-corrected chi connectivity index (χ1v) is 12.6. The minimum Gasteiger partial charge on any atom is -0.317 e. The SMILES string of the molecule is CC1(C)CC(=O)N(c2c(F)cc(C#Cc3ccccc3)cc2F)C(=O)N1CCN(C=O)c1nc(C(F)(F)F)cs1. The molecular weight excluding hydrogens is 555 g/mol. The first-order chi connectivity index (χ1) is 18.8. The van der Waals surface area contributed by atoms with E-state index < -0.39 is 46.7 Å². The summed E-state index contributed by atoms with van der Waals surface area (Å²) in [6.07, 6.45) is -4.76. The fourth-order valence-electron chi connectivity index (χ4n) is 4.09. The van der Waals surface area contributed by atoms with Gasteiger partial charge < -0.3 is 4.90 Å². The normalized spacial score (nSPS) is 15.1. The highest BCUT2D eigenvalue weighted by Crippen LogP contribution is 2.35. The second-order valence-electron chi connectivity index (χ2n) is 9.37. The van der Waals surface area contributed by atoms with E-state index in [1.54, 1.807) is 44.2 Å². The Balaban J connectivity index is 1.58. The number of halogens is 5. The van der Waals surface area contributed by atoms with Crippen molar-refractivity contribution >= 4 is 40.5 Å². The second kappa shape index (κ2) is 11.1. The molecule has 1 fully saturated rings. The van der Waals surface area contributed by atoms with Gasteiger partial charge in [0.2, 0.25) is 12.3 Å². The van der Waals surface area contributed by atoms with Crippen molar-refractivity contribution in [3.8, 4) is 11.8 Å². The highest BCUT2D eigenvalue weighted by molar-refractivity contribution is 7.13. The van der Waals surface area contributed by atoms with Gasteiger partial charge in [-0.3, -0.25) is 14.5 Å². The van der Waals surface area contributed by atoms with Crippen molar-refractivity contribution in [1.82, 2.24) is 9.88 Å². The van der Waals surface area contributed by atoms with Crippen LogP contribution in [-0.2, 0) is 15.8 Å². The van der Waals surface area contributed by atoms with Crippen LogP contribution in [-0.4, -0.2) is 46.9 Å². The van der Waals surface area contributed by atoms with E-state index in [1.165, 1.54) is 0 Å². The van der Waals surface area contributed by atoms with Gasteiger partial charge in [-0.25, -0.2) is 23.5 Å². The van der Waals surface area contributed by atoms with E-state index in [4.69, 9.17) is 0 Å². The number of alkyl halides is 3. The quantitative estimate of drug-likeness (QED) is 0.223. The predicted molar refractivity (Wildman–Crippen MR) is 138 cm³/mol. The molecule has 0 spiro atoms. The van der Waals surface area contributed by atoms with Crippen LogP contribution in [0.4, 0.5) is 37.6 Å². The lowest BCUT2D eigenvalue weighted by Crippen LogP contribution is -2.63. The number of nitrogens with zero attached hydrogens (tertiary/aromatic N) is 4. The maximum atomic E-state index is 15.2. The molecule has 4 amide bonds. The summed E-state index contributed by atoms with van der Waals surface area (Å²) in [6, 6.07) is 9.48. The van der Waals surface area contributed by atoms with E-state index >= 15 is 8.78 Å². The molecule has 3 aromatic rings. The number of carbonyl (C=O) groups is 3. The average Bonchev–Trinajstić information content (AvgIpc) is 3.37.